The van der Waals surface area contributed by atoms with Gasteiger partial charge in [-0.05, 0) is 37.4 Å². The number of hydrogen-bond donors (Lipinski definition) is 0. The van der Waals surface area contributed by atoms with E-state index in [-0.39, 0.29) is 17.9 Å². The van der Waals surface area contributed by atoms with Crippen molar-refractivity contribution in [3.8, 4) is 5.75 Å². The maximum Gasteiger partial charge on any atom is 0.227 e. The Bertz CT molecular complexity index is 538. The van der Waals surface area contributed by atoms with Crippen molar-refractivity contribution in [3.05, 3.63) is 34.7 Å². The Morgan fingerprint density at radius 1 is 1.55 bits per heavy atom. The highest BCUT2D eigenvalue weighted by Crippen LogP contribution is 2.28. The molecule has 1 aromatic rings. The Morgan fingerprint density at radius 3 is 3.05 bits per heavy atom. The maximum atomic E-state index is 12.0. The van der Waals surface area contributed by atoms with Gasteiger partial charge in [-0.2, -0.15) is 0 Å². The lowest BCUT2D eigenvalue weighted by Gasteiger charge is -2.18. The fourth-order valence-corrected chi connectivity index (χ4v) is 2.30. The van der Waals surface area contributed by atoms with Gasteiger partial charge >= 0.3 is 0 Å². The summed E-state index contributed by atoms with van der Waals surface area (Å²) in [6, 6.07) is 7.51. The molecule has 1 unspecified atom stereocenters. The molecule has 1 amide bonds. The minimum atomic E-state index is 0.0600. The van der Waals surface area contributed by atoms with Gasteiger partial charge in [-0.25, -0.2) is 0 Å². The van der Waals surface area contributed by atoms with E-state index in [1.807, 2.05) is 38.1 Å². The van der Waals surface area contributed by atoms with Crippen molar-refractivity contribution >= 4 is 11.6 Å². The summed E-state index contributed by atoms with van der Waals surface area (Å²) in [5, 5.41) is 3.55. The first-order chi connectivity index (χ1) is 9.60. The van der Waals surface area contributed by atoms with E-state index in [2.05, 4.69) is 10.0 Å². The molecule has 1 atom stereocenters. The van der Waals surface area contributed by atoms with Gasteiger partial charge in [0.2, 0.25) is 5.91 Å². The van der Waals surface area contributed by atoms with Crippen molar-refractivity contribution in [1.29, 1.82) is 0 Å². The lowest BCUT2D eigenvalue weighted by Crippen LogP contribution is -2.24. The number of anilines is 1. The first-order valence-corrected chi connectivity index (χ1v) is 6.68. The maximum absolute atomic E-state index is 12.0. The van der Waals surface area contributed by atoms with E-state index < -0.39 is 0 Å². The molecule has 1 aliphatic heterocycles. The second-order valence-corrected chi connectivity index (χ2v) is 5.15. The summed E-state index contributed by atoms with van der Waals surface area (Å²) < 4.78 is 5.64. The van der Waals surface area contributed by atoms with Gasteiger partial charge in [-0.3, -0.25) is 4.79 Å². The van der Waals surface area contributed by atoms with Crippen LogP contribution < -0.4 is 9.64 Å². The van der Waals surface area contributed by atoms with Crippen molar-refractivity contribution in [3.63, 3.8) is 0 Å². The molecule has 2 rings (SSSR count). The van der Waals surface area contributed by atoms with Crippen LogP contribution in [0.15, 0.2) is 29.4 Å². The number of ether oxygens (including phenoxy) is 1. The van der Waals surface area contributed by atoms with Crippen molar-refractivity contribution in [2.45, 2.75) is 26.4 Å². The molecule has 0 aromatic heterocycles. The normalized spacial score (nSPS) is 18.2. The first kappa shape index (κ1) is 14.2. The van der Waals surface area contributed by atoms with E-state index in [1.165, 1.54) is 0 Å². The highest BCUT2D eigenvalue weighted by atomic mass is 16.5. The van der Waals surface area contributed by atoms with Crippen LogP contribution >= 0.6 is 0 Å². The van der Waals surface area contributed by atoms with Gasteiger partial charge in [-0.15, -0.1) is 0 Å². The van der Waals surface area contributed by atoms with Gasteiger partial charge < -0.3 is 9.64 Å². The minimum absolute atomic E-state index is 0.0600. The van der Waals surface area contributed by atoms with Crippen LogP contribution in [0.1, 0.15) is 20.3 Å². The molecular formula is C14H18N4O2. The highest BCUT2D eigenvalue weighted by Gasteiger charge is 2.30. The predicted molar refractivity (Wildman–Crippen MR) is 76.7 cm³/mol. The zero-order valence-corrected chi connectivity index (χ0v) is 11.7. The quantitative estimate of drug-likeness (QED) is 0.469. The second kappa shape index (κ2) is 6.30. The van der Waals surface area contributed by atoms with Gasteiger partial charge in [0.1, 0.15) is 5.75 Å². The molecule has 1 heterocycles. The van der Waals surface area contributed by atoms with Gasteiger partial charge in [0.25, 0.3) is 0 Å². The molecule has 0 bridgehead atoms. The molecule has 1 aromatic carbocycles. The Balaban J connectivity index is 2.11. The molecular weight excluding hydrogens is 256 g/mol. The Hall–Kier alpha value is -2.20. The molecule has 0 spiro atoms. The topological polar surface area (TPSA) is 78.3 Å². The van der Waals surface area contributed by atoms with Crippen molar-refractivity contribution in [2.75, 3.05) is 18.0 Å². The molecule has 106 valence electrons. The van der Waals surface area contributed by atoms with Crippen molar-refractivity contribution < 1.29 is 9.53 Å². The fraction of sp³-hybridized carbons (Fsp3) is 0.500. The molecule has 1 fully saturated rings. The minimum Gasteiger partial charge on any atom is -0.491 e. The van der Waals surface area contributed by atoms with E-state index in [0.717, 1.165) is 11.4 Å². The zero-order chi connectivity index (χ0) is 14.5. The third-order valence-corrected chi connectivity index (χ3v) is 3.11. The molecule has 20 heavy (non-hydrogen) atoms. The number of carbonyl (C=O) groups excluding carboxylic acids is 1. The molecule has 0 saturated carbocycles. The summed E-state index contributed by atoms with van der Waals surface area (Å²) in [5.74, 6) is 0.904. The summed E-state index contributed by atoms with van der Waals surface area (Å²) in [5.41, 5.74) is 9.17. The zero-order valence-electron chi connectivity index (χ0n) is 11.7. The monoisotopic (exact) mass is 274 g/mol. The van der Waals surface area contributed by atoms with Crippen LogP contribution in [0.3, 0.4) is 0 Å². The van der Waals surface area contributed by atoms with E-state index in [4.69, 9.17) is 10.3 Å². The fourth-order valence-electron chi connectivity index (χ4n) is 2.30. The predicted octanol–water partition coefficient (Wildman–Crippen LogP) is 3.14. The van der Waals surface area contributed by atoms with Gasteiger partial charge in [0.15, 0.2) is 0 Å². The summed E-state index contributed by atoms with van der Waals surface area (Å²) in [6.07, 6.45) is 0.520. The van der Waals surface area contributed by atoms with Crippen LogP contribution in [0.2, 0.25) is 0 Å². The lowest BCUT2D eigenvalue weighted by atomic mass is 10.1. The molecule has 1 aliphatic rings. The van der Waals surface area contributed by atoms with Gasteiger partial charge in [0.05, 0.1) is 6.10 Å². The number of rotatable bonds is 5. The molecule has 6 heteroatoms. The third kappa shape index (κ3) is 3.42. The summed E-state index contributed by atoms with van der Waals surface area (Å²) >= 11 is 0. The number of benzene rings is 1. The van der Waals surface area contributed by atoms with E-state index in [9.17, 15) is 4.79 Å². The highest BCUT2D eigenvalue weighted by molar-refractivity contribution is 5.95. The Kier molecular flexibility index (Phi) is 4.48. The SMILES string of the molecule is CC(C)Oc1cccc(N2CC(CN=[N+]=[N-])CC2=O)c1. The number of amides is 1. The molecule has 1 saturated heterocycles. The van der Waals surface area contributed by atoms with E-state index in [1.54, 1.807) is 4.90 Å². The van der Waals surface area contributed by atoms with Crippen LogP contribution in [-0.2, 0) is 4.79 Å². The number of carbonyl (C=O) groups is 1. The van der Waals surface area contributed by atoms with Crippen molar-refractivity contribution in [1.82, 2.24) is 0 Å². The first-order valence-electron chi connectivity index (χ1n) is 6.68. The molecule has 0 N–H and O–H groups in total. The largest absolute Gasteiger partial charge is 0.491 e. The summed E-state index contributed by atoms with van der Waals surface area (Å²) in [6.45, 7) is 4.87. The number of nitrogens with zero attached hydrogens (tertiary/aromatic N) is 4. The average Bonchev–Trinajstić information content (AvgIpc) is 2.77. The van der Waals surface area contributed by atoms with Gasteiger partial charge in [-0.1, -0.05) is 11.2 Å². The van der Waals surface area contributed by atoms with Crippen LogP contribution in [0, 0.1) is 5.92 Å². The van der Waals surface area contributed by atoms with Crippen molar-refractivity contribution in [2.24, 2.45) is 11.0 Å². The molecule has 6 nitrogen and oxygen atoms in total. The smallest absolute Gasteiger partial charge is 0.227 e. The number of azide groups is 1. The van der Waals surface area contributed by atoms with E-state index in [0.29, 0.717) is 19.5 Å². The Labute approximate surface area is 118 Å². The number of hydrogen-bond acceptors (Lipinski definition) is 3. The molecule has 0 radical (unpaired) electrons. The van der Waals surface area contributed by atoms with Crippen LogP contribution in [0.5, 0.6) is 5.75 Å². The van der Waals surface area contributed by atoms with Crippen LogP contribution in [0.4, 0.5) is 5.69 Å². The van der Waals surface area contributed by atoms with Crippen LogP contribution in [-0.4, -0.2) is 25.1 Å². The summed E-state index contributed by atoms with van der Waals surface area (Å²) in [7, 11) is 0. The standard InChI is InChI=1S/C14H18N4O2/c1-10(2)20-13-5-3-4-12(7-13)18-9-11(6-14(18)19)8-16-17-15/h3-5,7,10-11H,6,8-9H2,1-2H3. The summed E-state index contributed by atoms with van der Waals surface area (Å²) in [4.78, 5) is 16.5. The Morgan fingerprint density at radius 2 is 2.35 bits per heavy atom. The lowest BCUT2D eigenvalue weighted by molar-refractivity contribution is -0.117. The molecule has 0 aliphatic carbocycles. The van der Waals surface area contributed by atoms with Gasteiger partial charge in [0, 0.05) is 36.2 Å². The average molecular weight is 274 g/mol. The van der Waals surface area contributed by atoms with E-state index >= 15 is 0 Å². The van der Waals surface area contributed by atoms with Crippen LogP contribution in [0.25, 0.3) is 10.4 Å². The third-order valence-electron chi connectivity index (χ3n) is 3.11. The second-order valence-electron chi connectivity index (χ2n) is 5.15.